The zero-order valence-electron chi connectivity index (χ0n) is 12.8. The van der Waals surface area contributed by atoms with Crippen LogP contribution in [-0.2, 0) is 4.79 Å². The Morgan fingerprint density at radius 2 is 1.16 bits per heavy atom. The van der Waals surface area contributed by atoms with E-state index < -0.39 is 0 Å². The maximum atomic E-state index is 10.1. The Labute approximate surface area is 120 Å². The monoisotopic (exact) mass is 264 g/mol. The molecule has 0 amide bonds. The van der Waals surface area contributed by atoms with E-state index in [0.29, 0.717) is 0 Å². The Bertz CT molecular complexity index is 228. The maximum Gasteiger partial charge on any atom is 0.119 e. The Hall–Kier alpha value is -0.850. The van der Waals surface area contributed by atoms with Crippen LogP contribution in [0.2, 0.25) is 0 Å². The summed E-state index contributed by atoms with van der Waals surface area (Å²) < 4.78 is 0. The molecule has 0 aromatic carbocycles. The van der Waals surface area contributed by atoms with Crippen molar-refractivity contribution in [3.05, 3.63) is 24.3 Å². The quantitative estimate of drug-likeness (QED) is 0.214. The second-order valence-corrected chi connectivity index (χ2v) is 5.19. The molecule has 0 fully saturated rings. The highest BCUT2D eigenvalue weighted by atomic mass is 16.1. The number of aldehydes is 1. The molecule has 0 unspecified atom stereocenters. The summed E-state index contributed by atoms with van der Waals surface area (Å²) in [6, 6.07) is 0. The molecule has 0 radical (unpaired) electrons. The molecule has 0 aromatic rings. The van der Waals surface area contributed by atoms with E-state index in [4.69, 9.17) is 0 Å². The first-order valence-electron chi connectivity index (χ1n) is 8.15. The third kappa shape index (κ3) is 17.1. The van der Waals surface area contributed by atoms with Crippen molar-refractivity contribution in [2.75, 3.05) is 0 Å². The molecule has 1 heteroatoms. The minimum Gasteiger partial charge on any atom is -0.303 e. The minimum absolute atomic E-state index is 0.741. The van der Waals surface area contributed by atoms with Gasteiger partial charge in [0.25, 0.3) is 0 Å². The first-order valence-corrected chi connectivity index (χ1v) is 8.15. The van der Waals surface area contributed by atoms with Crippen LogP contribution in [0.25, 0.3) is 0 Å². The molecule has 0 saturated heterocycles. The fourth-order valence-corrected chi connectivity index (χ4v) is 2.04. The van der Waals surface area contributed by atoms with Crippen LogP contribution < -0.4 is 0 Å². The summed E-state index contributed by atoms with van der Waals surface area (Å²) in [5, 5.41) is 0. The largest absolute Gasteiger partial charge is 0.303 e. The van der Waals surface area contributed by atoms with Crippen molar-refractivity contribution < 1.29 is 4.79 Å². The molecule has 1 nitrogen and oxygen atoms in total. The lowest BCUT2D eigenvalue weighted by atomic mass is 10.1. The van der Waals surface area contributed by atoms with E-state index in [0.717, 1.165) is 25.5 Å². The average molecular weight is 264 g/mol. The van der Waals surface area contributed by atoms with Gasteiger partial charge in [0.15, 0.2) is 0 Å². The fraction of sp³-hybridized carbons (Fsp3) is 0.722. The molecule has 0 aliphatic heterocycles. The highest BCUT2D eigenvalue weighted by Gasteiger charge is 1.89. The summed E-state index contributed by atoms with van der Waals surface area (Å²) in [5.74, 6) is 0. The normalized spacial score (nSPS) is 11.6. The molecule has 0 N–H and O–H groups in total. The van der Waals surface area contributed by atoms with E-state index in [1.807, 2.05) is 0 Å². The molecule has 0 bridgehead atoms. The lowest BCUT2D eigenvalue weighted by molar-refractivity contribution is -0.107. The summed E-state index contributed by atoms with van der Waals surface area (Å²) in [6.07, 6.45) is 24.6. The van der Waals surface area contributed by atoms with Gasteiger partial charge in [0, 0.05) is 6.42 Å². The van der Waals surface area contributed by atoms with Gasteiger partial charge in [-0.05, 0) is 38.5 Å². The lowest BCUT2D eigenvalue weighted by Crippen LogP contribution is -1.80. The topological polar surface area (TPSA) is 17.1 Å². The Morgan fingerprint density at radius 3 is 1.74 bits per heavy atom. The van der Waals surface area contributed by atoms with Gasteiger partial charge in [-0.1, -0.05) is 63.3 Å². The number of hydrogen-bond acceptors (Lipinski definition) is 1. The molecular weight excluding hydrogens is 232 g/mol. The van der Waals surface area contributed by atoms with Crippen molar-refractivity contribution in [3.8, 4) is 0 Å². The number of unbranched alkanes of at least 4 members (excludes halogenated alkanes) is 9. The Kier molecular flexibility index (Phi) is 16.4. The molecule has 0 spiro atoms. The van der Waals surface area contributed by atoms with Crippen LogP contribution in [0.1, 0.15) is 84.0 Å². The van der Waals surface area contributed by atoms with E-state index in [1.54, 1.807) is 0 Å². The van der Waals surface area contributed by atoms with Gasteiger partial charge in [0.1, 0.15) is 6.29 Å². The van der Waals surface area contributed by atoms with Crippen LogP contribution in [0.15, 0.2) is 24.3 Å². The smallest absolute Gasteiger partial charge is 0.119 e. The van der Waals surface area contributed by atoms with Crippen molar-refractivity contribution in [1.82, 2.24) is 0 Å². The third-order valence-electron chi connectivity index (χ3n) is 3.27. The van der Waals surface area contributed by atoms with Gasteiger partial charge in [-0.2, -0.15) is 0 Å². The van der Waals surface area contributed by atoms with Gasteiger partial charge in [0.2, 0.25) is 0 Å². The van der Waals surface area contributed by atoms with Crippen LogP contribution in [0.4, 0.5) is 0 Å². The number of rotatable bonds is 14. The molecule has 0 rings (SSSR count). The molecule has 0 atom stereocenters. The van der Waals surface area contributed by atoms with Crippen molar-refractivity contribution in [1.29, 1.82) is 0 Å². The highest BCUT2D eigenvalue weighted by molar-refractivity contribution is 5.48. The molecule has 0 heterocycles. The van der Waals surface area contributed by atoms with Gasteiger partial charge >= 0.3 is 0 Å². The second kappa shape index (κ2) is 17.2. The fourth-order valence-electron chi connectivity index (χ4n) is 2.04. The zero-order valence-corrected chi connectivity index (χ0v) is 12.8. The van der Waals surface area contributed by atoms with E-state index in [-0.39, 0.29) is 0 Å². The molecule has 110 valence electrons. The first-order chi connectivity index (χ1) is 9.41. The molecule has 0 aromatic heterocycles. The van der Waals surface area contributed by atoms with Crippen LogP contribution >= 0.6 is 0 Å². The second-order valence-electron chi connectivity index (χ2n) is 5.19. The summed E-state index contributed by atoms with van der Waals surface area (Å²) >= 11 is 0. The van der Waals surface area contributed by atoms with E-state index >= 15 is 0 Å². The third-order valence-corrected chi connectivity index (χ3v) is 3.27. The minimum atomic E-state index is 0.741. The summed E-state index contributed by atoms with van der Waals surface area (Å²) in [4.78, 5) is 10.1. The summed E-state index contributed by atoms with van der Waals surface area (Å²) in [6.45, 7) is 2.24. The van der Waals surface area contributed by atoms with Crippen molar-refractivity contribution >= 4 is 6.29 Å². The van der Waals surface area contributed by atoms with Crippen molar-refractivity contribution in [2.24, 2.45) is 0 Å². The van der Waals surface area contributed by atoms with Crippen LogP contribution in [-0.4, -0.2) is 6.29 Å². The van der Waals surface area contributed by atoms with E-state index in [9.17, 15) is 4.79 Å². The SMILES string of the molecule is CCCCC/C=C/CC=CCCCCCCCC=O. The van der Waals surface area contributed by atoms with Crippen molar-refractivity contribution in [2.45, 2.75) is 84.0 Å². The predicted octanol–water partition coefficient (Wildman–Crippen LogP) is 6.00. The zero-order chi connectivity index (χ0) is 14.0. The van der Waals surface area contributed by atoms with Crippen LogP contribution in [0, 0.1) is 0 Å². The molecule has 0 aliphatic carbocycles. The van der Waals surface area contributed by atoms with Gasteiger partial charge in [-0.25, -0.2) is 0 Å². The highest BCUT2D eigenvalue weighted by Crippen LogP contribution is 2.07. The summed E-state index contributed by atoms with van der Waals surface area (Å²) in [7, 11) is 0. The predicted molar refractivity (Wildman–Crippen MR) is 85.4 cm³/mol. The van der Waals surface area contributed by atoms with Gasteiger partial charge in [-0.15, -0.1) is 0 Å². The van der Waals surface area contributed by atoms with Gasteiger partial charge in [-0.3, -0.25) is 0 Å². The standard InChI is InChI=1S/C18H32O/c1-2-3-4-5-6-7-8-9-10-11-12-13-14-15-16-17-18-19/h6-7,9-10,18H,2-5,8,11-17H2,1H3/b7-6+,10-9?. The van der Waals surface area contributed by atoms with Gasteiger partial charge < -0.3 is 4.79 Å². The molecular formula is C18H32O. The van der Waals surface area contributed by atoms with E-state index in [1.165, 1.54) is 57.8 Å². The van der Waals surface area contributed by atoms with Crippen LogP contribution in [0.3, 0.4) is 0 Å². The number of hydrogen-bond donors (Lipinski definition) is 0. The van der Waals surface area contributed by atoms with Crippen molar-refractivity contribution in [3.63, 3.8) is 0 Å². The Balaban J connectivity index is 3.14. The lowest BCUT2D eigenvalue weighted by Gasteiger charge is -1.97. The molecule has 0 saturated carbocycles. The Morgan fingerprint density at radius 1 is 0.632 bits per heavy atom. The molecule has 0 aliphatic rings. The maximum absolute atomic E-state index is 10.1. The molecule has 19 heavy (non-hydrogen) atoms. The van der Waals surface area contributed by atoms with Gasteiger partial charge in [0.05, 0.1) is 0 Å². The number of allylic oxidation sites excluding steroid dienone is 4. The number of carbonyl (C=O) groups excluding carboxylic acids is 1. The average Bonchev–Trinajstić information content (AvgIpc) is 2.43. The van der Waals surface area contributed by atoms with Crippen LogP contribution in [0.5, 0.6) is 0 Å². The number of carbonyl (C=O) groups is 1. The summed E-state index contributed by atoms with van der Waals surface area (Å²) in [5.41, 5.74) is 0. The van der Waals surface area contributed by atoms with E-state index in [2.05, 4.69) is 31.2 Å². The first kappa shape index (κ1) is 18.1.